The third kappa shape index (κ3) is 7.45. The molecule has 12 nitrogen and oxygen atoms in total. The Labute approximate surface area is 226 Å². The molecule has 210 valence electrons. The van der Waals surface area contributed by atoms with E-state index in [-0.39, 0.29) is 13.2 Å². The predicted octanol–water partition coefficient (Wildman–Crippen LogP) is 5.16. The smallest absolute Gasteiger partial charge is 0.441 e. The Kier molecular flexibility index (Phi) is 7.91. The van der Waals surface area contributed by atoms with Crippen LogP contribution in [0.25, 0.3) is 22.6 Å². The Morgan fingerprint density at radius 3 is 2.33 bits per heavy atom. The molecule has 1 amide bonds. The number of rotatable bonds is 8. The fourth-order valence-corrected chi connectivity index (χ4v) is 5.55. The van der Waals surface area contributed by atoms with Crippen LogP contribution < -0.4 is 4.90 Å². The third-order valence-electron chi connectivity index (χ3n) is 5.14. The van der Waals surface area contributed by atoms with Crippen LogP contribution in [0.1, 0.15) is 41.5 Å². The summed E-state index contributed by atoms with van der Waals surface area (Å²) in [5, 5.41) is 11.8. The highest BCUT2D eigenvalue weighted by Gasteiger charge is 2.40. The van der Waals surface area contributed by atoms with Crippen LogP contribution in [0.3, 0.4) is 0 Å². The van der Waals surface area contributed by atoms with Crippen LogP contribution in [0, 0.1) is 5.82 Å². The molecule has 14 heteroatoms. The number of halogens is 1. The molecular formula is C25H32FN6O6P. The average molecular weight is 563 g/mol. The number of anilines is 1. The van der Waals surface area contributed by atoms with Gasteiger partial charge in [0.1, 0.15) is 17.6 Å². The zero-order valence-corrected chi connectivity index (χ0v) is 23.8. The first-order valence-electron chi connectivity index (χ1n) is 12.3. The van der Waals surface area contributed by atoms with Gasteiger partial charge in [0, 0.05) is 17.3 Å². The molecule has 3 aromatic rings. The molecule has 1 saturated heterocycles. The largest absolute Gasteiger partial charge is 0.475 e. The number of hydrogen-bond donors (Lipinski definition) is 0. The molecule has 0 N–H and O–H groups in total. The highest BCUT2D eigenvalue weighted by Crippen LogP contribution is 2.55. The number of carbonyl (C=O) groups is 1. The van der Waals surface area contributed by atoms with Crippen molar-refractivity contribution >= 4 is 19.6 Å². The number of aryl methyl sites for hydroxylation is 1. The Morgan fingerprint density at radius 1 is 1.10 bits per heavy atom. The van der Waals surface area contributed by atoms with Crippen LogP contribution in [0.15, 0.2) is 36.5 Å². The molecule has 0 bridgehead atoms. The quantitative estimate of drug-likeness (QED) is 0.339. The van der Waals surface area contributed by atoms with Crippen molar-refractivity contribution in [3.8, 4) is 22.6 Å². The van der Waals surface area contributed by atoms with Crippen molar-refractivity contribution in [2.45, 2.75) is 58.8 Å². The van der Waals surface area contributed by atoms with Crippen LogP contribution in [-0.4, -0.2) is 61.7 Å². The van der Waals surface area contributed by atoms with Crippen LogP contribution in [0.2, 0.25) is 0 Å². The van der Waals surface area contributed by atoms with E-state index in [4.69, 9.17) is 18.3 Å². The fraction of sp³-hybridized carbons (Fsp3) is 0.480. The van der Waals surface area contributed by atoms with Crippen LogP contribution in [0.4, 0.5) is 14.9 Å². The molecule has 0 saturated carbocycles. The highest BCUT2D eigenvalue weighted by atomic mass is 31.2. The number of aromatic nitrogens is 5. The van der Waals surface area contributed by atoms with Crippen LogP contribution in [0.5, 0.6) is 0 Å². The molecule has 0 unspecified atom stereocenters. The van der Waals surface area contributed by atoms with E-state index in [1.807, 2.05) is 0 Å². The number of phosphoric acid groups is 1. The summed E-state index contributed by atoms with van der Waals surface area (Å²) in [7, 11) is -2.34. The number of nitrogens with zero attached hydrogens (tertiary/aromatic N) is 6. The molecule has 1 fully saturated rings. The van der Waals surface area contributed by atoms with E-state index in [2.05, 4.69) is 20.4 Å². The zero-order valence-electron chi connectivity index (χ0n) is 22.9. The number of amides is 1. The number of pyridine rings is 1. The molecule has 1 aliphatic rings. The van der Waals surface area contributed by atoms with E-state index in [1.165, 1.54) is 22.0 Å². The van der Waals surface area contributed by atoms with E-state index in [0.29, 0.717) is 28.3 Å². The molecule has 2 aromatic heterocycles. The monoisotopic (exact) mass is 562 g/mol. The second kappa shape index (κ2) is 10.7. The number of benzene rings is 1. The first-order valence-corrected chi connectivity index (χ1v) is 13.7. The number of cyclic esters (lactones) is 1. The first kappa shape index (κ1) is 28.8. The Morgan fingerprint density at radius 2 is 1.79 bits per heavy atom. The summed E-state index contributed by atoms with van der Waals surface area (Å²) in [4.78, 5) is 19.5. The minimum atomic E-state index is -3.99. The van der Waals surface area contributed by atoms with E-state index in [9.17, 15) is 9.36 Å². The summed E-state index contributed by atoms with van der Waals surface area (Å²) in [5.74, 6) is -0.189. The summed E-state index contributed by atoms with van der Waals surface area (Å²) >= 11 is 0. The second-order valence-corrected chi connectivity index (χ2v) is 12.5. The normalized spacial score (nSPS) is 16.6. The Balaban J connectivity index is 1.44. The molecule has 4 rings (SSSR count). The summed E-state index contributed by atoms with van der Waals surface area (Å²) in [5.41, 5.74) is 0.0357. The van der Waals surface area contributed by atoms with Crippen LogP contribution >= 0.6 is 7.82 Å². The fourth-order valence-electron chi connectivity index (χ4n) is 3.71. The summed E-state index contributed by atoms with van der Waals surface area (Å²) in [6.07, 6.45) is 0.0625. The van der Waals surface area contributed by atoms with Gasteiger partial charge in [-0.2, -0.15) is 4.80 Å². The molecule has 0 spiro atoms. The highest BCUT2D eigenvalue weighted by molar-refractivity contribution is 7.48. The van der Waals surface area contributed by atoms with Crippen molar-refractivity contribution in [3.63, 3.8) is 0 Å². The molecule has 1 aromatic carbocycles. The van der Waals surface area contributed by atoms with Gasteiger partial charge in [-0.15, -0.1) is 10.2 Å². The number of tetrazole rings is 1. The summed E-state index contributed by atoms with van der Waals surface area (Å²) in [6.45, 7) is 10.2. The maximum absolute atomic E-state index is 15.1. The Hall–Kier alpha value is -3.25. The van der Waals surface area contributed by atoms with E-state index < -0.39 is 37.0 Å². The van der Waals surface area contributed by atoms with Gasteiger partial charge in [-0.05, 0) is 71.0 Å². The van der Waals surface area contributed by atoms with Gasteiger partial charge in [0.2, 0.25) is 5.82 Å². The minimum Gasteiger partial charge on any atom is -0.441 e. The SMILES string of the molecule is Cn1nnc(-c2ccc(-c3ccc(N4C[C@H](COP(=O)(OC(C)(C)C)OC(C)(C)C)OC4=O)cc3F)cn2)n1. The molecule has 0 aliphatic carbocycles. The van der Waals surface area contributed by atoms with Crippen molar-refractivity contribution in [2.75, 3.05) is 18.1 Å². The summed E-state index contributed by atoms with van der Waals surface area (Å²) in [6, 6.07) is 7.78. The number of ether oxygens (including phenoxy) is 1. The lowest BCUT2D eigenvalue weighted by atomic mass is 10.1. The maximum Gasteiger partial charge on any atom is 0.475 e. The van der Waals surface area contributed by atoms with Gasteiger partial charge in [0.05, 0.1) is 37.1 Å². The lowest BCUT2D eigenvalue weighted by Gasteiger charge is -2.31. The first-order chi connectivity index (χ1) is 18.1. The topological polar surface area (TPSA) is 131 Å². The summed E-state index contributed by atoms with van der Waals surface area (Å²) < 4.78 is 50.5. The lowest BCUT2D eigenvalue weighted by molar-refractivity contribution is -0.00781. The molecular weight excluding hydrogens is 530 g/mol. The average Bonchev–Trinajstić information content (AvgIpc) is 3.41. The maximum atomic E-state index is 15.1. The molecule has 0 radical (unpaired) electrons. The van der Waals surface area contributed by atoms with E-state index >= 15 is 4.39 Å². The molecule has 39 heavy (non-hydrogen) atoms. The molecule has 1 atom stereocenters. The molecule has 3 heterocycles. The number of carbonyl (C=O) groups excluding carboxylic acids is 1. The molecule has 1 aliphatic heterocycles. The van der Waals surface area contributed by atoms with Crippen molar-refractivity contribution < 1.29 is 32.1 Å². The van der Waals surface area contributed by atoms with Crippen LogP contribution in [-0.2, 0) is 29.9 Å². The van der Waals surface area contributed by atoms with Gasteiger partial charge in [-0.25, -0.2) is 13.8 Å². The van der Waals surface area contributed by atoms with Gasteiger partial charge < -0.3 is 4.74 Å². The third-order valence-corrected chi connectivity index (χ3v) is 7.15. The zero-order chi connectivity index (χ0) is 28.6. The van der Waals surface area contributed by atoms with Gasteiger partial charge >= 0.3 is 13.9 Å². The minimum absolute atomic E-state index is 0.0595. The predicted molar refractivity (Wildman–Crippen MR) is 140 cm³/mol. The standard InChI is InChI=1S/C25H32FN6O6P/c1-24(2,3)37-39(34,38-25(4,5)6)35-15-18-14-32(23(33)36-18)17-9-10-19(20(26)12-17)16-8-11-21(27-13-16)22-28-30-31(7)29-22/h8-13,18H,14-15H2,1-7H3/t18-/m1/s1. The number of hydrogen-bond acceptors (Lipinski definition) is 10. The van der Waals surface area contributed by atoms with Crippen molar-refractivity contribution in [2.24, 2.45) is 7.05 Å². The number of phosphoric ester groups is 1. The van der Waals surface area contributed by atoms with Gasteiger partial charge in [0.25, 0.3) is 0 Å². The lowest BCUT2D eigenvalue weighted by Crippen LogP contribution is -2.28. The van der Waals surface area contributed by atoms with Gasteiger partial charge in [-0.1, -0.05) is 6.07 Å². The Bertz CT molecular complexity index is 1360. The van der Waals surface area contributed by atoms with Crippen molar-refractivity contribution in [3.05, 3.63) is 42.3 Å². The van der Waals surface area contributed by atoms with E-state index in [0.717, 1.165) is 0 Å². The van der Waals surface area contributed by atoms with Crippen molar-refractivity contribution in [1.29, 1.82) is 0 Å². The van der Waals surface area contributed by atoms with Gasteiger partial charge in [-0.3, -0.25) is 23.5 Å². The van der Waals surface area contributed by atoms with E-state index in [1.54, 1.807) is 72.9 Å². The van der Waals surface area contributed by atoms with Gasteiger partial charge in [0.15, 0.2) is 0 Å². The van der Waals surface area contributed by atoms with Crippen molar-refractivity contribution in [1.82, 2.24) is 25.2 Å². The second-order valence-electron chi connectivity index (χ2n) is 11.0.